The van der Waals surface area contributed by atoms with Crippen LogP contribution >= 0.6 is 0 Å². The molecule has 0 fully saturated rings. The van der Waals surface area contributed by atoms with Gasteiger partial charge in [0, 0.05) is 13.5 Å². The van der Waals surface area contributed by atoms with Crippen molar-refractivity contribution in [3.63, 3.8) is 0 Å². The maximum Gasteiger partial charge on any atom is 1.00 e. The summed E-state index contributed by atoms with van der Waals surface area (Å²) in [4.78, 5) is 10.3. The number of rotatable bonds is 2. The van der Waals surface area contributed by atoms with E-state index in [1.165, 1.54) is 0 Å². The zero-order chi connectivity index (χ0) is 5.70. The summed E-state index contributed by atoms with van der Waals surface area (Å²) in [5, 5.41) is 2.53. The first-order chi connectivity index (χ1) is 3.31. The third-order valence-electron chi connectivity index (χ3n) is 0.756. The predicted octanol–water partition coefficient (Wildman–Crippen LogP) is -2.35. The quantitative estimate of drug-likeness (QED) is 0.429. The first-order valence-corrected chi connectivity index (χ1v) is 2.51. The van der Waals surface area contributed by atoms with Crippen LogP contribution in [0.1, 0.15) is 21.2 Å². The van der Waals surface area contributed by atoms with Crippen LogP contribution in [-0.2, 0) is 4.79 Å². The van der Waals surface area contributed by atoms with Crippen LogP contribution in [0.25, 0.3) is 0 Å². The average Bonchev–Trinajstić information content (AvgIpc) is 1.68. The number of carbonyl (C=O) groups excluding carboxylic acids is 1. The molecule has 0 aromatic rings. The molecule has 0 saturated carbocycles. The third-order valence-corrected chi connectivity index (χ3v) is 0.756. The number of hydrogen-bond donors (Lipinski definition) is 1. The number of nitrogens with one attached hydrogen (secondary N) is 1. The van der Waals surface area contributed by atoms with Crippen LogP contribution in [0.15, 0.2) is 0 Å². The zero-order valence-corrected chi connectivity index (χ0v) is 8.95. The number of amides is 1. The molecule has 0 unspecified atom stereocenters. The zero-order valence-electron chi connectivity index (χ0n) is 6.82. The second kappa shape index (κ2) is 8.11. The van der Waals surface area contributed by atoms with Crippen molar-refractivity contribution in [2.45, 2.75) is 19.8 Å². The minimum absolute atomic E-state index is 0. The van der Waals surface area contributed by atoms with Crippen molar-refractivity contribution in [3.8, 4) is 0 Å². The summed E-state index contributed by atoms with van der Waals surface area (Å²) in [6.45, 7) is 1.98. The van der Waals surface area contributed by atoms with E-state index in [0.717, 1.165) is 6.42 Å². The number of carbonyl (C=O) groups is 1. The fourth-order valence-corrected chi connectivity index (χ4v) is 0.352. The van der Waals surface area contributed by atoms with E-state index < -0.39 is 0 Å². The Morgan fingerprint density at radius 2 is 2.25 bits per heavy atom. The van der Waals surface area contributed by atoms with Crippen molar-refractivity contribution >= 4 is 5.91 Å². The van der Waals surface area contributed by atoms with E-state index in [-0.39, 0.29) is 58.7 Å². The molecule has 0 aromatic heterocycles. The molecule has 0 bridgehead atoms. The molecule has 3 heteroatoms. The van der Waals surface area contributed by atoms with Gasteiger partial charge in [0.1, 0.15) is 0 Å². The van der Waals surface area contributed by atoms with E-state index in [1.807, 2.05) is 6.92 Å². The van der Waals surface area contributed by atoms with Gasteiger partial charge in [0.05, 0.1) is 0 Å². The van der Waals surface area contributed by atoms with Gasteiger partial charge in [0.2, 0.25) is 5.91 Å². The molecule has 8 heavy (non-hydrogen) atoms. The molecule has 0 aliphatic carbocycles. The van der Waals surface area contributed by atoms with E-state index >= 15 is 0 Å². The molecule has 1 N–H and O–H groups in total. The minimum atomic E-state index is 0. The Kier molecular flexibility index (Phi) is 12.0. The van der Waals surface area contributed by atoms with Gasteiger partial charge < -0.3 is 6.74 Å². The van der Waals surface area contributed by atoms with E-state index in [0.29, 0.717) is 6.42 Å². The fourth-order valence-electron chi connectivity index (χ4n) is 0.352. The molecule has 0 rings (SSSR count). The fraction of sp³-hybridized carbons (Fsp3) is 0.800. The summed E-state index contributed by atoms with van der Waals surface area (Å²) in [6, 6.07) is 0. The molecule has 0 saturated heterocycles. The van der Waals surface area contributed by atoms with Gasteiger partial charge in [-0.25, -0.2) is 0 Å². The summed E-state index contributed by atoms with van der Waals surface area (Å²) in [7, 11) is 1.65. The van der Waals surface area contributed by atoms with Crippen molar-refractivity contribution in [2.24, 2.45) is 0 Å². The molecule has 1 amide bonds. The van der Waals surface area contributed by atoms with Gasteiger partial charge in [-0.1, -0.05) is 6.92 Å². The maximum atomic E-state index is 10.3. The van der Waals surface area contributed by atoms with E-state index in [1.54, 1.807) is 7.05 Å². The molecule has 0 aliphatic rings. The molecule has 44 valence electrons. The predicted molar refractivity (Wildman–Crippen MR) is 30.1 cm³/mol. The van der Waals surface area contributed by atoms with E-state index in [2.05, 4.69) is 5.32 Å². The smallest absolute Gasteiger partial charge is 1.00 e. The Morgan fingerprint density at radius 3 is 2.38 bits per heavy atom. The maximum absolute atomic E-state index is 10.3. The summed E-state index contributed by atoms with van der Waals surface area (Å²) >= 11 is 0. The first kappa shape index (κ1) is 11.8. The van der Waals surface area contributed by atoms with Gasteiger partial charge in [-0.05, 0) is 6.42 Å². The van der Waals surface area contributed by atoms with Crippen molar-refractivity contribution < 1.29 is 57.6 Å². The third kappa shape index (κ3) is 7.11. The second-order valence-electron chi connectivity index (χ2n) is 1.42. The Labute approximate surface area is 94.3 Å². The Hall–Kier alpha value is 1.11. The molecule has 0 radical (unpaired) electrons. The molecule has 0 heterocycles. The minimum Gasteiger partial charge on any atom is -1.00 e. The molecule has 0 aliphatic heterocycles. The van der Waals surface area contributed by atoms with Crippen molar-refractivity contribution in [2.75, 3.05) is 7.05 Å². The van der Waals surface area contributed by atoms with Gasteiger partial charge in [0.15, 0.2) is 0 Å². The van der Waals surface area contributed by atoms with Crippen LogP contribution in [0.3, 0.4) is 0 Å². The summed E-state index contributed by atoms with van der Waals surface area (Å²) in [5.41, 5.74) is 0. The molecule has 0 atom stereocenters. The standard InChI is InChI=1S/C5H11NO.K.H/c1-3-4-5(7)6-2;;/h3-4H2,1-2H3,(H,6,7);;/q;+1;-1. The Bertz CT molecular complexity index is 70.0. The topological polar surface area (TPSA) is 29.1 Å². The van der Waals surface area contributed by atoms with Gasteiger partial charge in [-0.3, -0.25) is 4.79 Å². The van der Waals surface area contributed by atoms with E-state index in [9.17, 15) is 4.79 Å². The second-order valence-corrected chi connectivity index (χ2v) is 1.42. The largest absolute Gasteiger partial charge is 1.00 e. The van der Waals surface area contributed by atoms with Crippen LogP contribution in [0.2, 0.25) is 0 Å². The number of hydrogen-bond acceptors (Lipinski definition) is 1. The van der Waals surface area contributed by atoms with Gasteiger partial charge in [-0.15, -0.1) is 0 Å². The normalized spacial score (nSPS) is 7.25. The molecule has 0 spiro atoms. The van der Waals surface area contributed by atoms with Crippen molar-refractivity contribution in [1.29, 1.82) is 0 Å². The van der Waals surface area contributed by atoms with Gasteiger partial charge in [0.25, 0.3) is 0 Å². The molecular formula is C5H12KNO. The molecule has 0 aromatic carbocycles. The average molecular weight is 141 g/mol. The van der Waals surface area contributed by atoms with E-state index in [4.69, 9.17) is 0 Å². The van der Waals surface area contributed by atoms with Crippen LogP contribution in [-0.4, -0.2) is 13.0 Å². The molecular weight excluding hydrogens is 129 g/mol. The first-order valence-electron chi connectivity index (χ1n) is 2.51. The summed E-state index contributed by atoms with van der Waals surface area (Å²) < 4.78 is 0. The molecule has 2 nitrogen and oxygen atoms in total. The SMILES string of the molecule is CCCC(=O)NC.[H-].[K+]. The van der Waals surface area contributed by atoms with Crippen LogP contribution in [0, 0.1) is 0 Å². The monoisotopic (exact) mass is 141 g/mol. The van der Waals surface area contributed by atoms with Crippen molar-refractivity contribution in [1.82, 2.24) is 5.32 Å². The van der Waals surface area contributed by atoms with Crippen LogP contribution in [0.4, 0.5) is 0 Å². The van der Waals surface area contributed by atoms with Crippen LogP contribution < -0.4 is 56.7 Å². The Balaban J connectivity index is -0.000000180. The Morgan fingerprint density at radius 1 is 1.75 bits per heavy atom. The van der Waals surface area contributed by atoms with Gasteiger partial charge in [-0.2, -0.15) is 0 Å². The van der Waals surface area contributed by atoms with Crippen molar-refractivity contribution in [3.05, 3.63) is 0 Å². The summed E-state index contributed by atoms with van der Waals surface area (Å²) in [6.07, 6.45) is 1.58. The van der Waals surface area contributed by atoms with Crippen LogP contribution in [0.5, 0.6) is 0 Å². The van der Waals surface area contributed by atoms with Gasteiger partial charge >= 0.3 is 51.4 Å². The summed E-state index contributed by atoms with van der Waals surface area (Å²) in [5.74, 6) is 0.127.